The summed E-state index contributed by atoms with van der Waals surface area (Å²) >= 11 is 0. The standard InChI is InChI=1S/C16H27N/c1-2-6-13(7-3-1)12-17-16(14-8-4-9-14)15-10-5-11-15/h1-2,13-17H,3-12H2. The molecule has 0 amide bonds. The third-order valence-electron chi connectivity index (χ3n) is 5.34. The highest BCUT2D eigenvalue weighted by Crippen LogP contribution is 2.40. The first-order valence-corrected chi connectivity index (χ1v) is 7.82. The van der Waals surface area contributed by atoms with E-state index in [-0.39, 0.29) is 0 Å². The molecule has 3 rings (SSSR count). The Hall–Kier alpha value is -0.300. The summed E-state index contributed by atoms with van der Waals surface area (Å²) in [6.45, 7) is 1.28. The molecule has 1 N–H and O–H groups in total. The fourth-order valence-corrected chi connectivity index (χ4v) is 3.66. The minimum absolute atomic E-state index is 0.878. The Morgan fingerprint density at radius 1 is 0.941 bits per heavy atom. The van der Waals surface area contributed by atoms with E-state index in [1.165, 1.54) is 64.3 Å². The van der Waals surface area contributed by atoms with E-state index in [0.717, 1.165) is 23.8 Å². The summed E-state index contributed by atoms with van der Waals surface area (Å²) in [6.07, 6.45) is 17.7. The number of hydrogen-bond acceptors (Lipinski definition) is 1. The maximum atomic E-state index is 3.96. The zero-order chi connectivity index (χ0) is 11.5. The van der Waals surface area contributed by atoms with Crippen LogP contribution in [0, 0.1) is 17.8 Å². The summed E-state index contributed by atoms with van der Waals surface area (Å²) in [5, 5.41) is 3.96. The molecule has 0 aromatic carbocycles. The summed E-state index contributed by atoms with van der Waals surface area (Å²) in [7, 11) is 0. The van der Waals surface area contributed by atoms with Crippen LogP contribution in [0.4, 0.5) is 0 Å². The van der Waals surface area contributed by atoms with Crippen LogP contribution in [0.2, 0.25) is 0 Å². The van der Waals surface area contributed by atoms with Gasteiger partial charge in [-0.15, -0.1) is 0 Å². The summed E-state index contributed by atoms with van der Waals surface area (Å²) in [6, 6.07) is 0.878. The monoisotopic (exact) mass is 233 g/mol. The lowest BCUT2D eigenvalue weighted by molar-refractivity contribution is 0.119. The van der Waals surface area contributed by atoms with Crippen molar-refractivity contribution in [2.24, 2.45) is 17.8 Å². The molecule has 1 heteroatoms. The topological polar surface area (TPSA) is 12.0 Å². The van der Waals surface area contributed by atoms with Crippen LogP contribution in [0.1, 0.15) is 57.8 Å². The Morgan fingerprint density at radius 2 is 1.65 bits per heavy atom. The quantitative estimate of drug-likeness (QED) is 0.710. The fraction of sp³-hybridized carbons (Fsp3) is 0.875. The van der Waals surface area contributed by atoms with Gasteiger partial charge in [-0.1, -0.05) is 25.0 Å². The average Bonchev–Trinajstić information content (AvgIpc) is 2.22. The molecule has 0 radical (unpaired) electrons. The van der Waals surface area contributed by atoms with Crippen molar-refractivity contribution in [3.63, 3.8) is 0 Å². The highest BCUT2D eigenvalue weighted by molar-refractivity contribution is 4.94. The van der Waals surface area contributed by atoms with E-state index in [1.807, 2.05) is 0 Å². The van der Waals surface area contributed by atoms with E-state index in [4.69, 9.17) is 0 Å². The highest BCUT2D eigenvalue weighted by Gasteiger charge is 2.35. The Kier molecular flexibility index (Phi) is 3.85. The Labute approximate surface area is 106 Å². The summed E-state index contributed by atoms with van der Waals surface area (Å²) < 4.78 is 0. The van der Waals surface area contributed by atoms with Crippen LogP contribution in [0.5, 0.6) is 0 Å². The van der Waals surface area contributed by atoms with Gasteiger partial charge in [0.15, 0.2) is 0 Å². The van der Waals surface area contributed by atoms with Crippen LogP contribution in [-0.2, 0) is 0 Å². The molecule has 0 bridgehead atoms. The Bertz CT molecular complexity index is 249. The van der Waals surface area contributed by atoms with Crippen molar-refractivity contribution in [3.8, 4) is 0 Å². The third-order valence-corrected chi connectivity index (χ3v) is 5.34. The molecule has 0 spiro atoms. The van der Waals surface area contributed by atoms with Gasteiger partial charge in [-0.05, 0) is 69.2 Å². The lowest BCUT2D eigenvalue weighted by Crippen LogP contribution is -2.48. The lowest BCUT2D eigenvalue weighted by Gasteiger charge is -2.43. The summed E-state index contributed by atoms with van der Waals surface area (Å²) in [5.41, 5.74) is 0. The molecule has 3 aliphatic carbocycles. The maximum Gasteiger partial charge on any atom is 0.0124 e. The van der Waals surface area contributed by atoms with Gasteiger partial charge in [-0.3, -0.25) is 0 Å². The van der Waals surface area contributed by atoms with Crippen molar-refractivity contribution < 1.29 is 0 Å². The molecule has 1 atom stereocenters. The lowest BCUT2D eigenvalue weighted by atomic mass is 9.68. The predicted molar refractivity (Wildman–Crippen MR) is 73.0 cm³/mol. The van der Waals surface area contributed by atoms with E-state index < -0.39 is 0 Å². The molecule has 0 heterocycles. The van der Waals surface area contributed by atoms with E-state index in [9.17, 15) is 0 Å². The highest BCUT2D eigenvalue weighted by atomic mass is 14.9. The zero-order valence-corrected chi connectivity index (χ0v) is 11.0. The summed E-state index contributed by atoms with van der Waals surface area (Å²) in [4.78, 5) is 0. The molecule has 0 aromatic heterocycles. The van der Waals surface area contributed by atoms with Crippen molar-refractivity contribution in [1.29, 1.82) is 0 Å². The number of allylic oxidation sites excluding steroid dienone is 2. The largest absolute Gasteiger partial charge is 0.313 e. The second-order valence-electron chi connectivity index (χ2n) is 6.47. The van der Waals surface area contributed by atoms with Crippen molar-refractivity contribution in [2.45, 2.75) is 63.8 Å². The van der Waals surface area contributed by atoms with Crippen LogP contribution in [0.3, 0.4) is 0 Å². The first-order valence-electron chi connectivity index (χ1n) is 7.82. The predicted octanol–water partition coefficient (Wildman–Crippen LogP) is 3.90. The molecule has 1 nitrogen and oxygen atoms in total. The maximum absolute atomic E-state index is 3.96. The average molecular weight is 233 g/mol. The van der Waals surface area contributed by atoms with E-state index in [2.05, 4.69) is 17.5 Å². The number of nitrogens with one attached hydrogen (secondary N) is 1. The molecule has 0 saturated heterocycles. The van der Waals surface area contributed by atoms with Gasteiger partial charge in [-0.25, -0.2) is 0 Å². The van der Waals surface area contributed by atoms with E-state index in [0.29, 0.717) is 0 Å². The van der Waals surface area contributed by atoms with Gasteiger partial charge in [0.25, 0.3) is 0 Å². The van der Waals surface area contributed by atoms with Crippen molar-refractivity contribution >= 4 is 0 Å². The third kappa shape index (κ3) is 2.76. The van der Waals surface area contributed by atoms with Crippen molar-refractivity contribution in [3.05, 3.63) is 12.2 Å². The van der Waals surface area contributed by atoms with Crippen LogP contribution in [0.25, 0.3) is 0 Å². The molecular weight excluding hydrogens is 206 g/mol. The number of hydrogen-bond donors (Lipinski definition) is 1. The molecule has 3 aliphatic rings. The van der Waals surface area contributed by atoms with Gasteiger partial charge >= 0.3 is 0 Å². The Morgan fingerprint density at radius 3 is 2.12 bits per heavy atom. The van der Waals surface area contributed by atoms with Crippen LogP contribution in [-0.4, -0.2) is 12.6 Å². The molecule has 2 saturated carbocycles. The van der Waals surface area contributed by atoms with Crippen LogP contribution in [0.15, 0.2) is 12.2 Å². The van der Waals surface area contributed by atoms with Gasteiger partial charge in [0.1, 0.15) is 0 Å². The van der Waals surface area contributed by atoms with Gasteiger partial charge < -0.3 is 5.32 Å². The van der Waals surface area contributed by atoms with E-state index in [1.54, 1.807) is 0 Å². The van der Waals surface area contributed by atoms with Crippen LogP contribution >= 0.6 is 0 Å². The molecule has 17 heavy (non-hydrogen) atoms. The van der Waals surface area contributed by atoms with Gasteiger partial charge in [0, 0.05) is 6.04 Å². The molecule has 96 valence electrons. The van der Waals surface area contributed by atoms with E-state index >= 15 is 0 Å². The van der Waals surface area contributed by atoms with Crippen LogP contribution < -0.4 is 5.32 Å². The number of rotatable bonds is 5. The zero-order valence-electron chi connectivity index (χ0n) is 11.0. The molecule has 0 aliphatic heterocycles. The van der Waals surface area contributed by atoms with Gasteiger partial charge in [-0.2, -0.15) is 0 Å². The van der Waals surface area contributed by atoms with Gasteiger partial charge in [0.2, 0.25) is 0 Å². The second-order valence-corrected chi connectivity index (χ2v) is 6.47. The Balaban J connectivity index is 1.47. The second kappa shape index (κ2) is 5.56. The molecular formula is C16H27N. The minimum atomic E-state index is 0.878. The molecule has 1 unspecified atom stereocenters. The first kappa shape index (κ1) is 11.8. The summed E-state index contributed by atoms with van der Waals surface area (Å²) in [5.74, 6) is 2.97. The first-order chi connectivity index (χ1) is 8.43. The van der Waals surface area contributed by atoms with Gasteiger partial charge in [0.05, 0.1) is 0 Å². The molecule has 2 fully saturated rings. The fourth-order valence-electron chi connectivity index (χ4n) is 3.66. The molecule has 0 aromatic rings. The van der Waals surface area contributed by atoms with Crippen molar-refractivity contribution in [2.75, 3.05) is 6.54 Å². The SMILES string of the molecule is C1=CCC(CNC(C2CCC2)C2CCC2)CC1. The normalized spacial score (nSPS) is 30.3. The smallest absolute Gasteiger partial charge is 0.0124 e. The minimum Gasteiger partial charge on any atom is -0.313 e. The van der Waals surface area contributed by atoms with Crippen molar-refractivity contribution in [1.82, 2.24) is 5.32 Å².